The van der Waals surface area contributed by atoms with Gasteiger partial charge in [-0.1, -0.05) is 24.3 Å². The van der Waals surface area contributed by atoms with Crippen LogP contribution in [0.4, 0.5) is 11.4 Å². The Labute approximate surface area is 148 Å². The smallest absolute Gasteiger partial charge is 0.191 e. The maximum Gasteiger partial charge on any atom is 0.191 e. The van der Waals surface area contributed by atoms with Crippen molar-refractivity contribution in [3.8, 4) is 5.75 Å². The maximum atomic E-state index is 5.28. The van der Waals surface area contributed by atoms with Crippen LogP contribution in [0.2, 0.25) is 0 Å². The van der Waals surface area contributed by atoms with Crippen molar-refractivity contribution in [2.75, 3.05) is 31.4 Å². The Morgan fingerprint density at radius 1 is 1.08 bits per heavy atom. The van der Waals surface area contributed by atoms with Crippen LogP contribution in [0.3, 0.4) is 0 Å². The van der Waals surface area contributed by atoms with Crippen molar-refractivity contribution in [2.24, 2.45) is 5.10 Å². The monoisotopic (exact) mass is 342 g/mol. The van der Waals surface area contributed by atoms with Gasteiger partial charge in [-0.15, -0.1) is 0 Å². The molecule has 0 atom stereocenters. The number of hydrogen-bond acceptors (Lipinski definition) is 4. The molecule has 6 heteroatoms. The molecule has 0 heterocycles. The molecule has 2 aromatic rings. The predicted octanol–water partition coefficient (Wildman–Crippen LogP) is 3.47. The van der Waals surface area contributed by atoms with E-state index in [9.17, 15) is 0 Å². The molecule has 2 N–H and O–H groups in total. The molecule has 0 aliphatic heterocycles. The van der Waals surface area contributed by atoms with Crippen LogP contribution in [0.1, 0.15) is 12.5 Å². The van der Waals surface area contributed by atoms with E-state index in [1.807, 2.05) is 57.4 Å². The molecule has 126 valence electrons. The van der Waals surface area contributed by atoms with Crippen LogP contribution in [0, 0.1) is 0 Å². The summed E-state index contributed by atoms with van der Waals surface area (Å²) in [5.74, 6) is 0.724. The van der Waals surface area contributed by atoms with Gasteiger partial charge in [0, 0.05) is 19.8 Å². The van der Waals surface area contributed by atoms with E-state index < -0.39 is 0 Å². The second-order valence-corrected chi connectivity index (χ2v) is 5.81. The van der Waals surface area contributed by atoms with Gasteiger partial charge < -0.3 is 15.0 Å². The van der Waals surface area contributed by atoms with Gasteiger partial charge in [0.25, 0.3) is 0 Å². The largest absolute Gasteiger partial charge is 0.495 e. The standard InChI is InChI=1S/C18H22N4OS/c1-13(14-9-11-15(12-10-14)22(2)3)20-21-18(24)19-16-7-5-6-8-17(16)23-4/h5-12H,1-4H3,(H2,19,21,24)/b20-13-. The van der Waals surface area contributed by atoms with E-state index in [-0.39, 0.29) is 0 Å². The first-order valence-electron chi connectivity index (χ1n) is 7.53. The molecule has 2 rings (SSSR count). The quantitative estimate of drug-likeness (QED) is 0.495. The highest BCUT2D eigenvalue weighted by Crippen LogP contribution is 2.22. The van der Waals surface area contributed by atoms with Gasteiger partial charge in [0.15, 0.2) is 5.11 Å². The molecule has 0 bridgehead atoms. The highest BCUT2D eigenvalue weighted by atomic mass is 32.1. The first-order chi connectivity index (χ1) is 11.5. The first kappa shape index (κ1) is 17.7. The minimum Gasteiger partial charge on any atom is -0.495 e. The molecule has 2 aromatic carbocycles. The molecular weight excluding hydrogens is 320 g/mol. The number of hydrazone groups is 1. The summed E-state index contributed by atoms with van der Waals surface area (Å²) in [7, 11) is 5.65. The lowest BCUT2D eigenvalue weighted by Crippen LogP contribution is -2.25. The molecule has 0 aliphatic carbocycles. The van der Waals surface area contributed by atoms with Gasteiger partial charge in [0.1, 0.15) is 5.75 Å². The molecule has 0 saturated carbocycles. The lowest BCUT2D eigenvalue weighted by Gasteiger charge is -2.13. The molecule has 0 radical (unpaired) electrons. The van der Waals surface area contributed by atoms with Crippen LogP contribution in [-0.4, -0.2) is 32.0 Å². The Kier molecular flexibility index (Phi) is 6.14. The van der Waals surface area contributed by atoms with Gasteiger partial charge in [-0.05, 0) is 49.0 Å². The summed E-state index contributed by atoms with van der Waals surface area (Å²) in [6, 6.07) is 15.8. The Bertz CT molecular complexity index is 726. The number of nitrogens with one attached hydrogen (secondary N) is 2. The van der Waals surface area contributed by atoms with Crippen molar-refractivity contribution in [3.05, 3.63) is 54.1 Å². The van der Waals surface area contributed by atoms with Crippen molar-refractivity contribution < 1.29 is 4.74 Å². The van der Waals surface area contributed by atoms with Crippen LogP contribution in [0.5, 0.6) is 5.75 Å². The molecule has 0 fully saturated rings. The van der Waals surface area contributed by atoms with E-state index in [4.69, 9.17) is 17.0 Å². The number of benzene rings is 2. The number of nitrogens with zero attached hydrogens (tertiary/aromatic N) is 2. The number of rotatable bonds is 5. The summed E-state index contributed by atoms with van der Waals surface area (Å²) < 4.78 is 5.28. The zero-order valence-corrected chi connectivity index (χ0v) is 15.1. The van der Waals surface area contributed by atoms with Gasteiger partial charge in [-0.25, -0.2) is 0 Å². The lowest BCUT2D eigenvalue weighted by atomic mass is 10.1. The molecule has 0 unspecified atom stereocenters. The highest BCUT2D eigenvalue weighted by Gasteiger charge is 2.04. The number of hydrogen-bond donors (Lipinski definition) is 2. The third-order valence-corrected chi connectivity index (χ3v) is 3.68. The van der Waals surface area contributed by atoms with Crippen LogP contribution < -0.4 is 20.4 Å². The van der Waals surface area contributed by atoms with Gasteiger partial charge in [-0.3, -0.25) is 5.43 Å². The minimum absolute atomic E-state index is 0.406. The van der Waals surface area contributed by atoms with Gasteiger partial charge in [0.2, 0.25) is 0 Å². The molecule has 5 nitrogen and oxygen atoms in total. The fourth-order valence-electron chi connectivity index (χ4n) is 2.10. The topological polar surface area (TPSA) is 48.9 Å². The average molecular weight is 342 g/mol. The van der Waals surface area contributed by atoms with Crippen molar-refractivity contribution >= 4 is 34.4 Å². The van der Waals surface area contributed by atoms with E-state index >= 15 is 0 Å². The summed E-state index contributed by atoms with van der Waals surface area (Å²) in [5.41, 5.74) is 6.69. The molecule has 0 aliphatic rings. The number of para-hydroxylation sites is 2. The zero-order valence-electron chi connectivity index (χ0n) is 14.3. The molecule has 0 spiro atoms. The number of methoxy groups -OCH3 is 1. The average Bonchev–Trinajstić information content (AvgIpc) is 2.60. The summed E-state index contributed by atoms with van der Waals surface area (Å²) in [4.78, 5) is 2.06. The van der Waals surface area contributed by atoms with E-state index in [0.29, 0.717) is 5.11 Å². The summed E-state index contributed by atoms with van der Waals surface area (Å²) in [6.07, 6.45) is 0. The fraction of sp³-hybridized carbons (Fsp3) is 0.222. The Balaban J connectivity index is 2.00. The molecular formula is C18H22N4OS. The van der Waals surface area contributed by atoms with Gasteiger partial charge in [-0.2, -0.15) is 5.10 Å². The van der Waals surface area contributed by atoms with E-state index in [0.717, 1.165) is 28.4 Å². The molecule has 24 heavy (non-hydrogen) atoms. The summed E-state index contributed by atoms with van der Waals surface area (Å²) >= 11 is 5.28. The number of anilines is 2. The Hall–Kier alpha value is -2.60. The normalized spacial score (nSPS) is 10.9. The third kappa shape index (κ3) is 4.70. The van der Waals surface area contributed by atoms with Crippen molar-refractivity contribution in [1.82, 2.24) is 5.43 Å². The number of thiocarbonyl (C=S) groups is 1. The molecule has 0 aromatic heterocycles. The molecule has 0 saturated heterocycles. The third-order valence-electron chi connectivity index (χ3n) is 3.48. The summed E-state index contributed by atoms with van der Waals surface area (Å²) in [5, 5.41) is 7.81. The predicted molar refractivity (Wildman–Crippen MR) is 105 cm³/mol. The van der Waals surface area contributed by atoms with Crippen molar-refractivity contribution in [2.45, 2.75) is 6.92 Å². The van der Waals surface area contributed by atoms with Crippen molar-refractivity contribution in [1.29, 1.82) is 0 Å². The Morgan fingerprint density at radius 2 is 1.75 bits per heavy atom. The second kappa shape index (κ2) is 8.31. The minimum atomic E-state index is 0.406. The first-order valence-corrected chi connectivity index (χ1v) is 7.94. The molecule has 0 amide bonds. The maximum absolute atomic E-state index is 5.28. The SMILES string of the molecule is COc1ccccc1NC(=S)N/N=C(/C)c1ccc(N(C)C)cc1. The van der Waals surface area contributed by atoms with Gasteiger partial charge >= 0.3 is 0 Å². The van der Waals surface area contributed by atoms with Gasteiger partial charge in [0.05, 0.1) is 18.5 Å². The van der Waals surface area contributed by atoms with Crippen molar-refractivity contribution in [3.63, 3.8) is 0 Å². The number of ether oxygens (including phenoxy) is 1. The summed E-state index contributed by atoms with van der Waals surface area (Å²) in [6.45, 7) is 1.93. The lowest BCUT2D eigenvalue weighted by molar-refractivity contribution is 0.417. The van der Waals surface area contributed by atoms with Crippen LogP contribution in [0.15, 0.2) is 53.6 Å². The van der Waals surface area contributed by atoms with Crippen LogP contribution >= 0.6 is 12.2 Å². The van der Waals surface area contributed by atoms with Crippen LogP contribution in [0.25, 0.3) is 0 Å². The van der Waals surface area contributed by atoms with E-state index in [2.05, 4.69) is 32.9 Å². The fourth-order valence-corrected chi connectivity index (χ4v) is 2.25. The second-order valence-electron chi connectivity index (χ2n) is 5.40. The van der Waals surface area contributed by atoms with Crippen LogP contribution in [-0.2, 0) is 0 Å². The van der Waals surface area contributed by atoms with E-state index in [1.54, 1.807) is 7.11 Å². The Morgan fingerprint density at radius 3 is 2.38 bits per heavy atom. The highest BCUT2D eigenvalue weighted by molar-refractivity contribution is 7.80. The zero-order chi connectivity index (χ0) is 17.5. The van der Waals surface area contributed by atoms with E-state index in [1.165, 1.54) is 0 Å².